The first-order valence-corrected chi connectivity index (χ1v) is 7.38. The number of nitrogens with zero attached hydrogens (tertiary/aromatic N) is 4. The van der Waals surface area contributed by atoms with E-state index in [1.807, 2.05) is 11.8 Å². The van der Waals surface area contributed by atoms with Crippen LogP contribution in [0.15, 0.2) is 6.33 Å². The standard InChI is InChI=1S/C14H21FN4O2/c1-2-11-12(15)13(17-10-16-11)18-3-4-19-5-6-21-9-14(19,7-18)8-20/h10,20H,2-9H2,1H3/t14-/m1/s1. The van der Waals surface area contributed by atoms with Crippen molar-refractivity contribution in [3.8, 4) is 0 Å². The number of aromatic nitrogens is 2. The van der Waals surface area contributed by atoms with Gasteiger partial charge in [0.15, 0.2) is 11.6 Å². The number of piperazine rings is 1. The third-order valence-corrected chi connectivity index (χ3v) is 4.44. The minimum Gasteiger partial charge on any atom is -0.394 e. The van der Waals surface area contributed by atoms with Crippen LogP contribution in [-0.4, -0.2) is 71.5 Å². The van der Waals surface area contributed by atoms with Crippen LogP contribution in [0.2, 0.25) is 0 Å². The van der Waals surface area contributed by atoms with Gasteiger partial charge in [-0.25, -0.2) is 14.4 Å². The molecule has 0 amide bonds. The van der Waals surface area contributed by atoms with Crippen molar-refractivity contribution in [2.24, 2.45) is 0 Å². The van der Waals surface area contributed by atoms with E-state index in [-0.39, 0.29) is 12.4 Å². The van der Waals surface area contributed by atoms with Crippen LogP contribution in [0.5, 0.6) is 0 Å². The van der Waals surface area contributed by atoms with Gasteiger partial charge in [-0.2, -0.15) is 0 Å². The molecule has 21 heavy (non-hydrogen) atoms. The van der Waals surface area contributed by atoms with Crippen LogP contribution in [0.4, 0.5) is 10.2 Å². The second-order valence-corrected chi connectivity index (χ2v) is 5.66. The fourth-order valence-electron chi connectivity index (χ4n) is 3.17. The molecule has 2 saturated heterocycles. The van der Waals surface area contributed by atoms with Gasteiger partial charge in [0, 0.05) is 26.2 Å². The van der Waals surface area contributed by atoms with Crippen LogP contribution in [0.1, 0.15) is 12.6 Å². The number of anilines is 1. The fourth-order valence-corrected chi connectivity index (χ4v) is 3.17. The first kappa shape index (κ1) is 14.6. The summed E-state index contributed by atoms with van der Waals surface area (Å²) in [7, 11) is 0. The van der Waals surface area contributed by atoms with Crippen molar-refractivity contribution in [3.63, 3.8) is 0 Å². The van der Waals surface area contributed by atoms with Gasteiger partial charge in [-0.05, 0) is 6.42 Å². The summed E-state index contributed by atoms with van der Waals surface area (Å²) in [5.74, 6) is -0.0156. The molecule has 0 aliphatic carbocycles. The van der Waals surface area contributed by atoms with Crippen molar-refractivity contribution in [3.05, 3.63) is 17.8 Å². The molecule has 1 aromatic rings. The number of aryl methyl sites for hydroxylation is 1. The molecule has 1 atom stereocenters. The predicted octanol–water partition coefficient (Wildman–Crippen LogP) is 0.0614. The number of fused-ring (bicyclic) bond motifs is 1. The molecule has 0 aromatic carbocycles. The van der Waals surface area contributed by atoms with Crippen molar-refractivity contribution < 1.29 is 14.2 Å². The maximum atomic E-state index is 14.4. The quantitative estimate of drug-likeness (QED) is 0.851. The van der Waals surface area contributed by atoms with Crippen molar-refractivity contribution in [2.75, 3.05) is 50.9 Å². The topological polar surface area (TPSA) is 61.7 Å². The first-order valence-electron chi connectivity index (χ1n) is 7.38. The largest absolute Gasteiger partial charge is 0.394 e. The molecule has 0 saturated carbocycles. The molecular weight excluding hydrogens is 275 g/mol. The lowest BCUT2D eigenvalue weighted by molar-refractivity contribution is -0.0952. The van der Waals surface area contributed by atoms with Gasteiger partial charge >= 0.3 is 0 Å². The maximum Gasteiger partial charge on any atom is 0.187 e. The van der Waals surface area contributed by atoms with E-state index in [0.29, 0.717) is 44.2 Å². The van der Waals surface area contributed by atoms with Crippen LogP contribution in [0, 0.1) is 5.82 Å². The molecule has 0 unspecified atom stereocenters. The smallest absolute Gasteiger partial charge is 0.187 e. The molecule has 2 aliphatic heterocycles. The Labute approximate surface area is 123 Å². The zero-order valence-corrected chi connectivity index (χ0v) is 12.3. The molecule has 0 bridgehead atoms. The van der Waals surface area contributed by atoms with E-state index in [2.05, 4.69) is 14.9 Å². The van der Waals surface area contributed by atoms with Crippen LogP contribution >= 0.6 is 0 Å². The molecule has 116 valence electrons. The molecule has 0 spiro atoms. The van der Waals surface area contributed by atoms with E-state index in [0.717, 1.165) is 13.1 Å². The van der Waals surface area contributed by atoms with Gasteiger partial charge in [0.1, 0.15) is 6.33 Å². The molecule has 1 aromatic heterocycles. The molecule has 3 heterocycles. The van der Waals surface area contributed by atoms with Crippen LogP contribution < -0.4 is 4.90 Å². The lowest BCUT2D eigenvalue weighted by Crippen LogP contribution is -2.69. The Morgan fingerprint density at radius 3 is 3.00 bits per heavy atom. The molecule has 3 rings (SSSR count). The Morgan fingerprint density at radius 1 is 1.38 bits per heavy atom. The highest BCUT2D eigenvalue weighted by Gasteiger charge is 2.44. The highest BCUT2D eigenvalue weighted by atomic mass is 19.1. The van der Waals surface area contributed by atoms with E-state index in [9.17, 15) is 9.50 Å². The Bertz CT molecular complexity index is 516. The lowest BCUT2D eigenvalue weighted by atomic mass is 9.94. The summed E-state index contributed by atoms with van der Waals surface area (Å²) >= 11 is 0. The van der Waals surface area contributed by atoms with E-state index < -0.39 is 5.54 Å². The normalized spacial score (nSPS) is 26.7. The average molecular weight is 296 g/mol. The molecule has 2 fully saturated rings. The van der Waals surface area contributed by atoms with E-state index >= 15 is 0 Å². The Hall–Kier alpha value is -1.31. The molecule has 6 nitrogen and oxygen atoms in total. The van der Waals surface area contributed by atoms with Crippen LogP contribution in [0.25, 0.3) is 0 Å². The monoisotopic (exact) mass is 296 g/mol. The van der Waals surface area contributed by atoms with Gasteiger partial charge in [0.25, 0.3) is 0 Å². The number of aliphatic hydroxyl groups excluding tert-OH is 1. The van der Waals surface area contributed by atoms with Gasteiger partial charge in [-0.15, -0.1) is 0 Å². The van der Waals surface area contributed by atoms with E-state index in [1.54, 1.807) is 0 Å². The molecular formula is C14H21FN4O2. The van der Waals surface area contributed by atoms with Gasteiger partial charge in [0.2, 0.25) is 0 Å². The van der Waals surface area contributed by atoms with E-state index in [4.69, 9.17) is 4.74 Å². The SMILES string of the molecule is CCc1ncnc(N2CCN3CCOC[C@]3(CO)C2)c1F. The third kappa shape index (κ3) is 2.49. The second-order valence-electron chi connectivity index (χ2n) is 5.66. The van der Waals surface area contributed by atoms with E-state index in [1.165, 1.54) is 6.33 Å². The van der Waals surface area contributed by atoms with Gasteiger partial charge < -0.3 is 14.7 Å². The Morgan fingerprint density at radius 2 is 2.24 bits per heavy atom. The molecule has 1 N–H and O–H groups in total. The Kier molecular flexibility index (Phi) is 4.05. The predicted molar refractivity (Wildman–Crippen MR) is 75.8 cm³/mol. The van der Waals surface area contributed by atoms with Crippen LogP contribution in [0.3, 0.4) is 0 Å². The fraction of sp³-hybridized carbons (Fsp3) is 0.714. The second kappa shape index (κ2) is 5.82. The number of morpholine rings is 1. The van der Waals surface area contributed by atoms with Gasteiger partial charge in [-0.3, -0.25) is 4.90 Å². The summed E-state index contributed by atoms with van der Waals surface area (Å²) in [6, 6.07) is 0. The first-order chi connectivity index (χ1) is 10.2. The zero-order chi connectivity index (χ0) is 14.9. The summed E-state index contributed by atoms with van der Waals surface area (Å²) in [4.78, 5) is 12.2. The summed E-state index contributed by atoms with van der Waals surface area (Å²) in [5.41, 5.74) is -0.0272. The maximum absolute atomic E-state index is 14.4. The van der Waals surface area contributed by atoms with Crippen molar-refractivity contribution in [1.82, 2.24) is 14.9 Å². The van der Waals surface area contributed by atoms with Crippen molar-refractivity contribution in [1.29, 1.82) is 0 Å². The number of halogens is 1. The van der Waals surface area contributed by atoms with Crippen LogP contribution in [-0.2, 0) is 11.2 Å². The average Bonchev–Trinajstić information content (AvgIpc) is 2.54. The Balaban J connectivity index is 1.87. The highest BCUT2D eigenvalue weighted by Crippen LogP contribution is 2.29. The highest BCUT2D eigenvalue weighted by molar-refractivity contribution is 5.42. The lowest BCUT2D eigenvalue weighted by Gasteiger charge is -2.52. The molecule has 2 aliphatic rings. The number of ether oxygens (including phenoxy) is 1. The summed E-state index contributed by atoms with van der Waals surface area (Å²) in [5, 5.41) is 9.84. The number of rotatable bonds is 3. The minimum absolute atomic E-state index is 0.00314. The third-order valence-electron chi connectivity index (χ3n) is 4.44. The van der Waals surface area contributed by atoms with Crippen molar-refractivity contribution in [2.45, 2.75) is 18.9 Å². The molecule has 0 radical (unpaired) electrons. The van der Waals surface area contributed by atoms with Gasteiger partial charge in [0.05, 0.1) is 31.1 Å². The summed E-state index contributed by atoms with van der Waals surface area (Å²) < 4.78 is 20.0. The molecule has 7 heteroatoms. The van der Waals surface area contributed by atoms with Gasteiger partial charge in [-0.1, -0.05) is 6.92 Å². The zero-order valence-electron chi connectivity index (χ0n) is 12.3. The van der Waals surface area contributed by atoms with Crippen molar-refractivity contribution >= 4 is 5.82 Å². The summed E-state index contributed by atoms with van der Waals surface area (Å²) in [6.45, 7) is 5.81. The summed E-state index contributed by atoms with van der Waals surface area (Å²) in [6.07, 6.45) is 1.95. The number of hydrogen-bond acceptors (Lipinski definition) is 6. The number of hydrogen-bond donors (Lipinski definition) is 1. The minimum atomic E-state index is -0.458. The number of aliphatic hydroxyl groups is 1.